The zero-order chi connectivity index (χ0) is 17.6. The molecule has 1 saturated heterocycles. The van der Waals surface area contributed by atoms with E-state index in [-0.39, 0.29) is 19.8 Å². The van der Waals surface area contributed by atoms with Crippen molar-refractivity contribution >= 4 is 0 Å². The molecule has 0 amide bonds. The summed E-state index contributed by atoms with van der Waals surface area (Å²) in [6.45, 7) is 1.73. The zero-order valence-corrected chi connectivity index (χ0v) is 13.6. The molecule has 25 heavy (non-hydrogen) atoms. The Morgan fingerprint density at radius 1 is 1.32 bits per heavy atom. The number of rotatable bonds is 3. The number of aliphatic hydroxyl groups is 2. The number of aryl methyl sites for hydroxylation is 1. The second-order valence-electron chi connectivity index (χ2n) is 6.15. The number of hydrogen-bond donors (Lipinski definition) is 2. The number of nitrogens with zero attached hydrogens (tertiary/aromatic N) is 2. The van der Waals surface area contributed by atoms with E-state index in [0.29, 0.717) is 17.2 Å². The number of ether oxygens (including phenoxy) is 3. The van der Waals surface area contributed by atoms with E-state index in [2.05, 4.69) is 4.98 Å². The van der Waals surface area contributed by atoms with E-state index in [1.165, 1.54) is 4.57 Å². The van der Waals surface area contributed by atoms with Crippen LogP contribution in [0.1, 0.15) is 18.2 Å². The molecule has 3 atom stereocenters. The lowest BCUT2D eigenvalue weighted by Gasteiger charge is -2.16. The lowest BCUT2D eigenvalue weighted by Crippen LogP contribution is -2.28. The van der Waals surface area contributed by atoms with Crippen molar-refractivity contribution in [3.8, 4) is 22.8 Å². The van der Waals surface area contributed by atoms with Gasteiger partial charge < -0.3 is 24.4 Å². The van der Waals surface area contributed by atoms with Gasteiger partial charge in [-0.25, -0.2) is 4.79 Å². The second-order valence-corrected chi connectivity index (χ2v) is 6.15. The lowest BCUT2D eigenvalue weighted by atomic mass is 10.1. The largest absolute Gasteiger partial charge is 0.454 e. The quantitative estimate of drug-likeness (QED) is 0.838. The van der Waals surface area contributed by atoms with E-state index in [0.717, 1.165) is 11.1 Å². The third kappa shape index (κ3) is 2.78. The topological polar surface area (TPSA) is 103 Å². The molecule has 0 bridgehead atoms. The van der Waals surface area contributed by atoms with Crippen LogP contribution in [-0.2, 0) is 4.74 Å². The Morgan fingerprint density at radius 2 is 2.12 bits per heavy atom. The van der Waals surface area contributed by atoms with Crippen molar-refractivity contribution in [2.75, 3.05) is 13.4 Å². The molecule has 0 saturated carbocycles. The maximum atomic E-state index is 12.5. The van der Waals surface area contributed by atoms with Gasteiger partial charge >= 0.3 is 5.69 Å². The average molecular weight is 346 g/mol. The van der Waals surface area contributed by atoms with Gasteiger partial charge in [0.05, 0.1) is 18.4 Å². The molecule has 132 valence electrons. The van der Waals surface area contributed by atoms with E-state index in [9.17, 15) is 15.0 Å². The Hall–Kier alpha value is -2.42. The Balaban J connectivity index is 1.68. The third-order valence-corrected chi connectivity index (χ3v) is 4.47. The van der Waals surface area contributed by atoms with Crippen LogP contribution in [0.5, 0.6) is 11.5 Å². The van der Waals surface area contributed by atoms with Gasteiger partial charge in [0.15, 0.2) is 11.5 Å². The summed E-state index contributed by atoms with van der Waals surface area (Å²) >= 11 is 0. The molecule has 0 unspecified atom stereocenters. The van der Waals surface area contributed by atoms with Crippen LogP contribution in [0.3, 0.4) is 0 Å². The number of fused-ring (bicyclic) bond motifs is 1. The minimum atomic E-state index is -0.809. The maximum absolute atomic E-state index is 12.5. The summed E-state index contributed by atoms with van der Waals surface area (Å²) < 4.78 is 17.5. The Kier molecular flexibility index (Phi) is 3.95. The van der Waals surface area contributed by atoms with Gasteiger partial charge in [-0.05, 0) is 30.7 Å². The highest BCUT2D eigenvalue weighted by atomic mass is 16.7. The molecule has 2 aliphatic rings. The van der Waals surface area contributed by atoms with E-state index >= 15 is 0 Å². The molecule has 8 heteroatoms. The summed E-state index contributed by atoms with van der Waals surface area (Å²) in [4.78, 5) is 16.6. The fourth-order valence-corrected chi connectivity index (χ4v) is 3.16. The van der Waals surface area contributed by atoms with Crippen molar-refractivity contribution in [3.63, 3.8) is 0 Å². The highest BCUT2D eigenvalue weighted by molar-refractivity contribution is 5.66. The summed E-state index contributed by atoms with van der Waals surface area (Å²) in [7, 11) is 0. The van der Waals surface area contributed by atoms with Gasteiger partial charge in [0, 0.05) is 18.2 Å². The first kappa shape index (κ1) is 16.1. The van der Waals surface area contributed by atoms with Gasteiger partial charge in [-0.15, -0.1) is 0 Å². The molecule has 2 aromatic rings. The molecule has 2 N–H and O–H groups in total. The van der Waals surface area contributed by atoms with Crippen LogP contribution in [0.25, 0.3) is 11.3 Å². The van der Waals surface area contributed by atoms with Crippen molar-refractivity contribution in [2.24, 2.45) is 0 Å². The molecule has 8 nitrogen and oxygen atoms in total. The predicted octanol–water partition coefficient (Wildman–Crippen LogP) is 0.588. The summed E-state index contributed by atoms with van der Waals surface area (Å²) in [5.74, 6) is 1.29. The van der Waals surface area contributed by atoms with Gasteiger partial charge in [-0.1, -0.05) is 0 Å². The molecule has 3 heterocycles. The molecule has 2 aliphatic heterocycles. The minimum Gasteiger partial charge on any atom is -0.454 e. The van der Waals surface area contributed by atoms with Crippen LogP contribution in [0, 0.1) is 6.92 Å². The van der Waals surface area contributed by atoms with Crippen LogP contribution < -0.4 is 15.2 Å². The smallest absolute Gasteiger partial charge is 0.350 e. The Bertz CT molecular complexity index is 865. The standard InChI is InChI=1S/C17H18N2O6/c1-9-6-19(15-5-11(21)14(7-20)25-15)17(22)18-16(9)10-2-3-12-13(4-10)24-8-23-12/h2-4,6,11,14-15,20-21H,5,7-8H2,1H3/t11-,14+,15+/m0/s1. The van der Waals surface area contributed by atoms with Crippen molar-refractivity contribution < 1.29 is 24.4 Å². The highest BCUT2D eigenvalue weighted by Crippen LogP contribution is 2.36. The van der Waals surface area contributed by atoms with E-state index in [1.54, 1.807) is 18.3 Å². The number of aliphatic hydroxyl groups excluding tert-OH is 2. The SMILES string of the molecule is Cc1cn([C@H]2C[C@H](O)[C@@H](CO)O2)c(=O)nc1-c1ccc2c(c1)OCO2. The normalized spacial score (nSPS) is 24.7. The van der Waals surface area contributed by atoms with Gasteiger partial charge in [0.2, 0.25) is 6.79 Å². The predicted molar refractivity (Wildman–Crippen MR) is 86.4 cm³/mol. The van der Waals surface area contributed by atoms with E-state index < -0.39 is 24.1 Å². The molecule has 1 aromatic carbocycles. The lowest BCUT2D eigenvalue weighted by molar-refractivity contribution is -0.0459. The van der Waals surface area contributed by atoms with E-state index in [4.69, 9.17) is 14.2 Å². The van der Waals surface area contributed by atoms with Crippen LogP contribution in [0.2, 0.25) is 0 Å². The fraction of sp³-hybridized carbons (Fsp3) is 0.412. The summed E-state index contributed by atoms with van der Waals surface area (Å²) in [5, 5.41) is 19.0. The third-order valence-electron chi connectivity index (χ3n) is 4.47. The van der Waals surface area contributed by atoms with Crippen molar-refractivity contribution in [1.29, 1.82) is 0 Å². The first-order chi connectivity index (χ1) is 12.1. The molecule has 0 radical (unpaired) electrons. The van der Waals surface area contributed by atoms with Crippen LogP contribution >= 0.6 is 0 Å². The molecule has 1 aromatic heterocycles. The van der Waals surface area contributed by atoms with Crippen LogP contribution in [0.15, 0.2) is 29.2 Å². The first-order valence-corrected chi connectivity index (χ1v) is 8.01. The summed E-state index contributed by atoms with van der Waals surface area (Å²) in [5.41, 5.74) is 1.61. The van der Waals surface area contributed by atoms with Gasteiger partial charge in [0.25, 0.3) is 0 Å². The number of aromatic nitrogens is 2. The van der Waals surface area contributed by atoms with Gasteiger partial charge in [-0.2, -0.15) is 4.98 Å². The van der Waals surface area contributed by atoms with Crippen molar-refractivity contribution in [1.82, 2.24) is 9.55 Å². The Morgan fingerprint density at radius 3 is 2.88 bits per heavy atom. The molecular weight excluding hydrogens is 328 g/mol. The molecular formula is C17H18N2O6. The van der Waals surface area contributed by atoms with Crippen LogP contribution in [0.4, 0.5) is 0 Å². The van der Waals surface area contributed by atoms with Gasteiger partial charge in [-0.3, -0.25) is 4.57 Å². The molecule has 1 fully saturated rings. The highest BCUT2D eigenvalue weighted by Gasteiger charge is 2.35. The summed E-state index contributed by atoms with van der Waals surface area (Å²) in [6.07, 6.45) is -0.250. The van der Waals surface area contributed by atoms with E-state index in [1.807, 2.05) is 13.0 Å². The molecule has 0 aliphatic carbocycles. The Labute approximate surface area is 143 Å². The fourth-order valence-electron chi connectivity index (χ4n) is 3.16. The first-order valence-electron chi connectivity index (χ1n) is 8.01. The van der Waals surface area contributed by atoms with Crippen molar-refractivity contribution in [2.45, 2.75) is 31.8 Å². The second kappa shape index (κ2) is 6.14. The number of hydrogen-bond acceptors (Lipinski definition) is 7. The van der Waals surface area contributed by atoms with Crippen molar-refractivity contribution in [3.05, 3.63) is 40.4 Å². The minimum absolute atomic E-state index is 0.181. The summed E-state index contributed by atoms with van der Waals surface area (Å²) in [6, 6.07) is 5.40. The maximum Gasteiger partial charge on any atom is 0.350 e. The monoisotopic (exact) mass is 346 g/mol. The number of benzene rings is 1. The molecule has 0 spiro atoms. The van der Waals surface area contributed by atoms with Crippen LogP contribution in [-0.4, -0.2) is 45.4 Å². The molecule has 4 rings (SSSR count). The van der Waals surface area contributed by atoms with Gasteiger partial charge in [0.1, 0.15) is 12.3 Å². The zero-order valence-electron chi connectivity index (χ0n) is 13.6. The average Bonchev–Trinajstić information content (AvgIpc) is 3.21.